The summed E-state index contributed by atoms with van der Waals surface area (Å²) in [6.45, 7) is 3.85. The lowest BCUT2D eigenvalue weighted by atomic mass is 10.1. The molecule has 3 nitrogen and oxygen atoms in total. The SMILES string of the molecule is Cc1nc2sccn2c1CNCCc1ccc(Cl)cc1. The van der Waals surface area contributed by atoms with Crippen LogP contribution in [-0.2, 0) is 13.0 Å². The number of hydrogen-bond donors (Lipinski definition) is 1. The first-order valence-electron chi connectivity index (χ1n) is 6.60. The fourth-order valence-electron chi connectivity index (χ4n) is 2.24. The third-order valence-corrected chi connectivity index (χ3v) is 4.37. The van der Waals surface area contributed by atoms with Crippen molar-refractivity contribution in [3.05, 3.63) is 57.8 Å². The number of nitrogens with zero attached hydrogens (tertiary/aromatic N) is 2. The van der Waals surface area contributed by atoms with Gasteiger partial charge in [-0.05, 0) is 37.6 Å². The van der Waals surface area contributed by atoms with E-state index in [0.717, 1.165) is 35.2 Å². The molecular weight excluding hydrogens is 290 g/mol. The molecule has 20 heavy (non-hydrogen) atoms. The van der Waals surface area contributed by atoms with E-state index in [4.69, 9.17) is 11.6 Å². The summed E-state index contributed by atoms with van der Waals surface area (Å²) in [4.78, 5) is 5.61. The maximum absolute atomic E-state index is 5.88. The summed E-state index contributed by atoms with van der Waals surface area (Å²) >= 11 is 7.55. The van der Waals surface area contributed by atoms with Gasteiger partial charge in [-0.2, -0.15) is 0 Å². The minimum Gasteiger partial charge on any atom is -0.311 e. The number of fused-ring (bicyclic) bond motifs is 1. The molecule has 0 aliphatic rings. The number of benzene rings is 1. The van der Waals surface area contributed by atoms with Crippen molar-refractivity contribution in [2.75, 3.05) is 6.54 Å². The molecule has 3 rings (SSSR count). The average Bonchev–Trinajstić information content (AvgIpc) is 2.98. The second kappa shape index (κ2) is 5.95. The lowest BCUT2D eigenvalue weighted by Gasteiger charge is -2.05. The van der Waals surface area contributed by atoms with Crippen LogP contribution in [0.2, 0.25) is 5.02 Å². The Balaban J connectivity index is 1.56. The van der Waals surface area contributed by atoms with Gasteiger partial charge >= 0.3 is 0 Å². The van der Waals surface area contributed by atoms with Gasteiger partial charge in [0, 0.05) is 23.1 Å². The van der Waals surface area contributed by atoms with E-state index < -0.39 is 0 Å². The van der Waals surface area contributed by atoms with Gasteiger partial charge in [0.1, 0.15) is 0 Å². The molecule has 5 heteroatoms. The number of aryl methyl sites for hydroxylation is 1. The van der Waals surface area contributed by atoms with Crippen molar-refractivity contribution in [3.8, 4) is 0 Å². The van der Waals surface area contributed by atoms with Crippen molar-refractivity contribution >= 4 is 27.9 Å². The predicted octanol–water partition coefficient (Wildman–Crippen LogP) is 3.69. The van der Waals surface area contributed by atoms with E-state index in [0.29, 0.717) is 0 Å². The van der Waals surface area contributed by atoms with Gasteiger partial charge in [-0.25, -0.2) is 4.98 Å². The monoisotopic (exact) mass is 305 g/mol. The number of aromatic nitrogens is 2. The molecule has 0 radical (unpaired) electrons. The molecule has 2 heterocycles. The van der Waals surface area contributed by atoms with Crippen LogP contribution in [0.25, 0.3) is 4.96 Å². The van der Waals surface area contributed by atoms with E-state index in [1.165, 1.54) is 11.3 Å². The van der Waals surface area contributed by atoms with Crippen molar-refractivity contribution < 1.29 is 0 Å². The number of hydrogen-bond acceptors (Lipinski definition) is 3. The van der Waals surface area contributed by atoms with Crippen LogP contribution in [0.1, 0.15) is 17.0 Å². The van der Waals surface area contributed by atoms with Gasteiger partial charge in [-0.1, -0.05) is 23.7 Å². The van der Waals surface area contributed by atoms with Crippen molar-refractivity contribution in [2.45, 2.75) is 19.9 Å². The molecule has 0 amide bonds. The molecule has 0 aliphatic heterocycles. The minimum atomic E-state index is 0.788. The van der Waals surface area contributed by atoms with Gasteiger partial charge in [-0.15, -0.1) is 11.3 Å². The fraction of sp³-hybridized carbons (Fsp3) is 0.267. The van der Waals surface area contributed by atoms with Crippen LogP contribution in [0, 0.1) is 6.92 Å². The summed E-state index contributed by atoms with van der Waals surface area (Å²) < 4.78 is 2.16. The Morgan fingerprint density at radius 2 is 2.10 bits per heavy atom. The van der Waals surface area contributed by atoms with Crippen molar-refractivity contribution in [3.63, 3.8) is 0 Å². The van der Waals surface area contributed by atoms with Crippen LogP contribution in [0.15, 0.2) is 35.8 Å². The highest BCUT2D eigenvalue weighted by molar-refractivity contribution is 7.15. The van der Waals surface area contributed by atoms with Crippen molar-refractivity contribution in [2.24, 2.45) is 0 Å². The first-order valence-corrected chi connectivity index (χ1v) is 7.86. The highest BCUT2D eigenvalue weighted by atomic mass is 35.5. The van der Waals surface area contributed by atoms with Crippen LogP contribution in [0.3, 0.4) is 0 Å². The van der Waals surface area contributed by atoms with E-state index in [2.05, 4.69) is 45.3 Å². The summed E-state index contributed by atoms with van der Waals surface area (Å²) in [6.07, 6.45) is 3.08. The average molecular weight is 306 g/mol. The topological polar surface area (TPSA) is 29.3 Å². The Morgan fingerprint density at radius 3 is 2.90 bits per heavy atom. The summed E-state index contributed by atoms with van der Waals surface area (Å²) in [6, 6.07) is 8.02. The van der Waals surface area contributed by atoms with Crippen LogP contribution in [0.4, 0.5) is 0 Å². The molecular formula is C15H16ClN3S. The lowest BCUT2D eigenvalue weighted by molar-refractivity contribution is 0.668. The normalized spacial score (nSPS) is 11.3. The molecule has 0 aliphatic carbocycles. The molecule has 0 fully saturated rings. The molecule has 104 valence electrons. The van der Waals surface area contributed by atoms with Crippen LogP contribution < -0.4 is 5.32 Å². The molecule has 0 saturated heterocycles. The van der Waals surface area contributed by atoms with Crippen LogP contribution in [-0.4, -0.2) is 15.9 Å². The van der Waals surface area contributed by atoms with E-state index in [-0.39, 0.29) is 0 Å². The van der Waals surface area contributed by atoms with E-state index in [1.54, 1.807) is 11.3 Å². The van der Waals surface area contributed by atoms with E-state index >= 15 is 0 Å². The van der Waals surface area contributed by atoms with Gasteiger partial charge in [0.05, 0.1) is 11.4 Å². The van der Waals surface area contributed by atoms with Crippen molar-refractivity contribution in [1.82, 2.24) is 14.7 Å². The molecule has 0 bridgehead atoms. The Morgan fingerprint density at radius 1 is 1.30 bits per heavy atom. The first kappa shape index (κ1) is 13.6. The second-order valence-corrected chi connectivity index (χ2v) is 6.06. The van der Waals surface area contributed by atoms with Gasteiger partial charge in [0.25, 0.3) is 0 Å². The molecule has 3 aromatic rings. The summed E-state index contributed by atoms with van der Waals surface area (Å²) in [5.74, 6) is 0. The zero-order chi connectivity index (χ0) is 13.9. The highest BCUT2D eigenvalue weighted by Crippen LogP contribution is 2.16. The Bertz CT molecular complexity index is 700. The first-order chi connectivity index (χ1) is 9.74. The third kappa shape index (κ3) is 2.87. The molecule has 1 aromatic carbocycles. The number of nitrogens with one attached hydrogen (secondary N) is 1. The smallest absolute Gasteiger partial charge is 0.194 e. The van der Waals surface area contributed by atoms with Gasteiger partial charge in [-0.3, -0.25) is 4.40 Å². The molecule has 0 unspecified atom stereocenters. The van der Waals surface area contributed by atoms with Crippen LogP contribution in [0.5, 0.6) is 0 Å². The zero-order valence-electron chi connectivity index (χ0n) is 11.3. The molecule has 0 atom stereocenters. The number of rotatable bonds is 5. The maximum atomic E-state index is 5.88. The highest BCUT2D eigenvalue weighted by Gasteiger charge is 2.08. The van der Waals surface area contributed by atoms with Gasteiger partial charge < -0.3 is 5.32 Å². The molecule has 0 saturated carbocycles. The second-order valence-electron chi connectivity index (χ2n) is 4.75. The van der Waals surface area contributed by atoms with Gasteiger partial charge in [0.15, 0.2) is 4.96 Å². The number of imidazole rings is 1. The van der Waals surface area contributed by atoms with E-state index in [9.17, 15) is 0 Å². The fourth-order valence-corrected chi connectivity index (χ4v) is 3.15. The molecule has 0 spiro atoms. The molecule has 2 aromatic heterocycles. The largest absolute Gasteiger partial charge is 0.311 e. The summed E-state index contributed by atoms with van der Waals surface area (Å²) in [7, 11) is 0. The summed E-state index contributed by atoms with van der Waals surface area (Å²) in [5, 5.41) is 6.34. The quantitative estimate of drug-likeness (QED) is 0.729. The third-order valence-electron chi connectivity index (χ3n) is 3.36. The maximum Gasteiger partial charge on any atom is 0.194 e. The molecule has 1 N–H and O–H groups in total. The van der Waals surface area contributed by atoms with E-state index in [1.807, 2.05) is 12.1 Å². The van der Waals surface area contributed by atoms with Crippen molar-refractivity contribution in [1.29, 1.82) is 0 Å². The minimum absolute atomic E-state index is 0.788. The lowest BCUT2D eigenvalue weighted by Crippen LogP contribution is -2.18. The predicted molar refractivity (Wildman–Crippen MR) is 84.7 cm³/mol. The number of halogens is 1. The Kier molecular flexibility index (Phi) is 4.05. The zero-order valence-corrected chi connectivity index (χ0v) is 12.8. The Labute approximate surface area is 127 Å². The van der Waals surface area contributed by atoms with Crippen LogP contribution >= 0.6 is 22.9 Å². The number of thiazole rings is 1. The standard InChI is InChI=1S/C15H16ClN3S/c1-11-14(19-8-9-20-15(19)18-11)10-17-7-6-12-2-4-13(16)5-3-12/h2-5,8-9,17H,6-7,10H2,1H3. The Hall–Kier alpha value is -1.36. The summed E-state index contributed by atoms with van der Waals surface area (Å²) in [5.41, 5.74) is 3.65. The van der Waals surface area contributed by atoms with Gasteiger partial charge in [0.2, 0.25) is 0 Å².